The lowest BCUT2D eigenvalue weighted by atomic mass is 10.00. The summed E-state index contributed by atoms with van der Waals surface area (Å²) in [5, 5.41) is 23.6. The van der Waals surface area contributed by atoms with Crippen molar-refractivity contribution < 1.29 is 10.0 Å². The number of rotatable bonds is 9. The van der Waals surface area contributed by atoms with Gasteiger partial charge in [0.25, 0.3) is 5.69 Å². The number of nitro benzene ring substituents is 1. The second kappa shape index (κ2) is 8.89. The average molecular weight is 301 g/mol. The SMILES string of the molecule is CCCC(CCO)CNCc1ccc(Cl)cc1[N+](=O)[O-]. The minimum Gasteiger partial charge on any atom is -0.396 e. The fourth-order valence-corrected chi connectivity index (χ4v) is 2.37. The summed E-state index contributed by atoms with van der Waals surface area (Å²) in [6.45, 7) is 3.45. The summed E-state index contributed by atoms with van der Waals surface area (Å²) in [6, 6.07) is 4.70. The van der Waals surface area contributed by atoms with Crippen LogP contribution in [0.1, 0.15) is 31.7 Å². The van der Waals surface area contributed by atoms with Gasteiger partial charge in [-0.3, -0.25) is 10.1 Å². The first kappa shape index (κ1) is 16.9. The normalized spacial score (nSPS) is 12.3. The number of halogens is 1. The van der Waals surface area contributed by atoms with Crippen LogP contribution in [0.25, 0.3) is 0 Å². The highest BCUT2D eigenvalue weighted by Crippen LogP contribution is 2.23. The molecule has 1 unspecified atom stereocenters. The summed E-state index contributed by atoms with van der Waals surface area (Å²) in [5.41, 5.74) is 0.665. The van der Waals surface area contributed by atoms with Crippen molar-refractivity contribution in [2.75, 3.05) is 13.2 Å². The molecule has 0 amide bonds. The van der Waals surface area contributed by atoms with Crippen LogP contribution in [-0.2, 0) is 6.54 Å². The van der Waals surface area contributed by atoms with E-state index in [4.69, 9.17) is 16.7 Å². The van der Waals surface area contributed by atoms with Crippen LogP contribution in [0.5, 0.6) is 0 Å². The van der Waals surface area contributed by atoms with Gasteiger partial charge in [0.1, 0.15) is 0 Å². The van der Waals surface area contributed by atoms with Gasteiger partial charge in [-0.1, -0.05) is 24.9 Å². The van der Waals surface area contributed by atoms with E-state index in [0.29, 0.717) is 23.0 Å². The number of nitrogens with zero attached hydrogens (tertiary/aromatic N) is 1. The maximum Gasteiger partial charge on any atom is 0.275 e. The molecule has 112 valence electrons. The Morgan fingerprint density at radius 3 is 2.80 bits per heavy atom. The summed E-state index contributed by atoms with van der Waals surface area (Å²) in [5.74, 6) is 0.399. The average Bonchev–Trinajstić information content (AvgIpc) is 2.40. The van der Waals surface area contributed by atoms with Gasteiger partial charge in [0.05, 0.1) is 4.92 Å². The largest absolute Gasteiger partial charge is 0.396 e. The fourth-order valence-electron chi connectivity index (χ4n) is 2.21. The van der Waals surface area contributed by atoms with Crippen LogP contribution in [-0.4, -0.2) is 23.2 Å². The van der Waals surface area contributed by atoms with Crippen molar-refractivity contribution in [3.8, 4) is 0 Å². The molecular formula is C14H21ClN2O3. The van der Waals surface area contributed by atoms with Gasteiger partial charge in [0.15, 0.2) is 0 Å². The Morgan fingerprint density at radius 2 is 2.20 bits per heavy atom. The summed E-state index contributed by atoms with van der Waals surface area (Å²) in [6.07, 6.45) is 2.85. The number of hydrogen-bond donors (Lipinski definition) is 2. The third kappa shape index (κ3) is 5.45. The van der Waals surface area contributed by atoms with E-state index in [2.05, 4.69) is 12.2 Å². The van der Waals surface area contributed by atoms with Crippen molar-refractivity contribution in [1.82, 2.24) is 5.32 Å². The predicted molar refractivity (Wildman–Crippen MR) is 79.9 cm³/mol. The van der Waals surface area contributed by atoms with E-state index < -0.39 is 4.92 Å². The van der Waals surface area contributed by atoms with Gasteiger partial charge in [-0.25, -0.2) is 0 Å². The molecule has 0 aliphatic carbocycles. The number of nitrogens with one attached hydrogen (secondary N) is 1. The van der Waals surface area contributed by atoms with E-state index in [0.717, 1.165) is 25.8 Å². The van der Waals surface area contributed by atoms with Crippen molar-refractivity contribution in [3.05, 3.63) is 38.9 Å². The van der Waals surface area contributed by atoms with Crippen LogP contribution in [0.3, 0.4) is 0 Å². The first-order valence-electron chi connectivity index (χ1n) is 6.82. The Kier molecular flexibility index (Phi) is 7.51. The minimum atomic E-state index is -0.417. The van der Waals surface area contributed by atoms with Gasteiger partial charge in [-0.05, 0) is 37.4 Å². The predicted octanol–water partition coefficient (Wildman–Crippen LogP) is 3.14. The third-order valence-corrected chi connectivity index (χ3v) is 3.46. The van der Waals surface area contributed by atoms with E-state index in [1.165, 1.54) is 6.07 Å². The molecule has 0 aliphatic heterocycles. The van der Waals surface area contributed by atoms with E-state index in [-0.39, 0.29) is 12.3 Å². The molecule has 0 fully saturated rings. The van der Waals surface area contributed by atoms with Crippen LogP contribution in [0, 0.1) is 16.0 Å². The summed E-state index contributed by atoms with van der Waals surface area (Å²) < 4.78 is 0. The molecule has 1 aromatic carbocycles. The number of hydrogen-bond acceptors (Lipinski definition) is 4. The van der Waals surface area contributed by atoms with E-state index in [1.807, 2.05) is 0 Å². The van der Waals surface area contributed by atoms with Gasteiger partial charge < -0.3 is 10.4 Å². The number of benzene rings is 1. The summed E-state index contributed by atoms with van der Waals surface area (Å²) in [7, 11) is 0. The first-order chi connectivity index (χ1) is 9.58. The molecule has 0 radical (unpaired) electrons. The Bertz CT molecular complexity index is 434. The number of nitro groups is 1. The van der Waals surface area contributed by atoms with Crippen LogP contribution in [0.2, 0.25) is 5.02 Å². The molecule has 0 aliphatic rings. The molecule has 20 heavy (non-hydrogen) atoms. The van der Waals surface area contributed by atoms with Crippen LogP contribution in [0.15, 0.2) is 18.2 Å². The van der Waals surface area contributed by atoms with Crippen molar-refractivity contribution in [2.24, 2.45) is 5.92 Å². The second-order valence-corrected chi connectivity index (χ2v) is 5.26. The lowest BCUT2D eigenvalue weighted by Crippen LogP contribution is -2.23. The molecule has 2 N–H and O–H groups in total. The number of aliphatic hydroxyl groups excluding tert-OH is 1. The lowest BCUT2D eigenvalue weighted by molar-refractivity contribution is -0.385. The van der Waals surface area contributed by atoms with Gasteiger partial charge in [0.2, 0.25) is 0 Å². The maximum absolute atomic E-state index is 11.0. The highest BCUT2D eigenvalue weighted by atomic mass is 35.5. The van der Waals surface area contributed by atoms with Gasteiger partial charge in [0, 0.05) is 29.8 Å². The monoisotopic (exact) mass is 300 g/mol. The first-order valence-corrected chi connectivity index (χ1v) is 7.20. The topological polar surface area (TPSA) is 75.4 Å². The molecular weight excluding hydrogens is 280 g/mol. The molecule has 0 bridgehead atoms. The van der Waals surface area contributed by atoms with Crippen LogP contribution in [0.4, 0.5) is 5.69 Å². The van der Waals surface area contributed by atoms with Crippen molar-refractivity contribution in [2.45, 2.75) is 32.7 Å². The lowest BCUT2D eigenvalue weighted by Gasteiger charge is -2.15. The Balaban J connectivity index is 2.58. The smallest absolute Gasteiger partial charge is 0.275 e. The number of aliphatic hydroxyl groups is 1. The molecule has 0 saturated carbocycles. The Morgan fingerprint density at radius 1 is 1.45 bits per heavy atom. The van der Waals surface area contributed by atoms with Gasteiger partial charge >= 0.3 is 0 Å². The molecule has 0 aromatic heterocycles. The molecule has 0 heterocycles. The molecule has 1 aromatic rings. The molecule has 6 heteroatoms. The van der Waals surface area contributed by atoms with E-state index >= 15 is 0 Å². The fraction of sp³-hybridized carbons (Fsp3) is 0.571. The zero-order chi connectivity index (χ0) is 15.0. The Hall–Kier alpha value is -1.17. The van der Waals surface area contributed by atoms with Gasteiger partial charge in [-0.2, -0.15) is 0 Å². The van der Waals surface area contributed by atoms with Gasteiger partial charge in [-0.15, -0.1) is 0 Å². The molecule has 0 spiro atoms. The Labute approximate surface area is 124 Å². The molecule has 0 saturated heterocycles. The van der Waals surface area contributed by atoms with Crippen molar-refractivity contribution in [3.63, 3.8) is 0 Å². The molecule has 1 atom stereocenters. The van der Waals surface area contributed by atoms with Crippen molar-refractivity contribution >= 4 is 17.3 Å². The van der Waals surface area contributed by atoms with Crippen LogP contribution >= 0.6 is 11.6 Å². The standard InChI is InChI=1S/C14H21ClN2O3/c1-2-3-11(6-7-18)9-16-10-12-4-5-13(15)8-14(12)17(19)20/h4-5,8,11,16,18H,2-3,6-7,9-10H2,1H3. The van der Waals surface area contributed by atoms with E-state index in [9.17, 15) is 10.1 Å². The van der Waals surface area contributed by atoms with Crippen LogP contribution < -0.4 is 5.32 Å². The zero-order valence-electron chi connectivity index (χ0n) is 11.6. The van der Waals surface area contributed by atoms with E-state index in [1.54, 1.807) is 12.1 Å². The summed E-state index contributed by atoms with van der Waals surface area (Å²) in [4.78, 5) is 10.5. The molecule has 1 rings (SSSR count). The van der Waals surface area contributed by atoms with Crippen molar-refractivity contribution in [1.29, 1.82) is 0 Å². The quantitative estimate of drug-likeness (QED) is 0.542. The third-order valence-electron chi connectivity index (χ3n) is 3.23. The zero-order valence-corrected chi connectivity index (χ0v) is 12.4. The molecule has 5 nitrogen and oxygen atoms in total. The second-order valence-electron chi connectivity index (χ2n) is 4.83. The highest BCUT2D eigenvalue weighted by molar-refractivity contribution is 6.30. The maximum atomic E-state index is 11.0. The summed E-state index contributed by atoms with van der Waals surface area (Å²) >= 11 is 5.78. The highest BCUT2D eigenvalue weighted by Gasteiger charge is 2.14. The minimum absolute atomic E-state index is 0.0409.